The second-order valence-electron chi connectivity index (χ2n) is 5.70. The van der Waals surface area contributed by atoms with Crippen LogP contribution in [0.2, 0.25) is 0 Å². The molecule has 4 rings (SSSR count). The molecule has 3 aromatic rings. The van der Waals surface area contributed by atoms with Gasteiger partial charge in [-0.15, -0.1) is 0 Å². The Morgan fingerprint density at radius 2 is 1.92 bits per heavy atom. The van der Waals surface area contributed by atoms with Crippen LogP contribution in [0.15, 0.2) is 53.5 Å². The lowest BCUT2D eigenvalue weighted by atomic mass is 10.1. The zero-order chi connectivity index (χ0) is 18.3. The van der Waals surface area contributed by atoms with E-state index in [1.807, 2.05) is 19.1 Å². The van der Waals surface area contributed by atoms with Gasteiger partial charge in [0.05, 0.1) is 23.2 Å². The number of para-hydroxylation sites is 1. The third kappa shape index (κ3) is 2.53. The minimum Gasteiger partial charge on any atom is -0.494 e. The van der Waals surface area contributed by atoms with Crippen LogP contribution >= 0.6 is 12.2 Å². The molecule has 6 nitrogen and oxygen atoms in total. The molecule has 0 fully saturated rings. The number of rotatable bonds is 4. The number of imidazole rings is 1. The topological polar surface area (TPSA) is 79.6 Å². The molecule has 0 saturated carbocycles. The fourth-order valence-electron chi connectivity index (χ4n) is 3.00. The summed E-state index contributed by atoms with van der Waals surface area (Å²) < 4.78 is 7.19. The normalized spacial score (nSPS) is 12.8. The molecule has 0 spiro atoms. The maximum atomic E-state index is 12.4. The number of fused-ring (bicyclic) bond motifs is 1. The molecule has 26 heavy (non-hydrogen) atoms. The van der Waals surface area contributed by atoms with Gasteiger partial charge < -0.3 is 14.8 Å². The summed E-state index contributed by atoms with van der Waals surface area (Å²) in [6.07, 6.45) is 0. The fraction of sp³-hybridized carbons (Fsp3) is 0.105. The maximum absolute atomic E-state index is 12.4. The number of carbonyl (C=O) groups excluding carboxylic acids is 1. The van der Waals surface area contributed by atoms with E-state index in [2.05, 4.69) is 9.98 Å². The van der Waals surface area contributed by atoms with Gasteiger partial charge in [0.15, 0.2) is 4.77 Å². The molecule has 1 aromatic heterocycles. The van der Waals surface area contributed by atoms with Gasteiger partial charge in [0, 0.05) is 5.22 Å². The molecular weight excluding hydrogens is 350 g/mol. The van der Waals surface area contributed by atoms with Crippen molar-refractivity contribution < 1.29 is 14.6 Å². The van der Waals surface area contributed by atoms with Crippen molar-refractivity contribution in [2.24, 2.45) is 4.99 Å². The van der Waals surface area contributed by atoms with Crippen molar-refractivity contribution in [3.63, 3.8) is 0 Å². The van der Waals surface area contributed by atoms with Gasteiger partial charge in [0.1, 0.15) is 11.4 Å². The van der Waals surface area contributed by atoms with E-state index in [4.69, 9.17) is 17.0 Å². The Hall–Kier alpha value is -3.19. The number of aromatic nitrogens is 2. The number of hydrogen-bond acceptors (Lipinski definition) is 4. The number of ether oxygens (including phenoxy) is 1. The first-order valence-corrected chi connectivity index (χ1v) is 8.51. The summed E-state index contributed by atoms with van der Waals surface area (Å²) in [6.45, 7) is 2.48. The van der Waals surface area contributed by atoms with E-state index in [-0.39, 0.29) is 16.3 Å². The lowest BCUT2D eigenvalue weighted by molar-refractivity contribution is -0.112. The van der Waals surface area contributed by atoms with Crippen LogP contribution in [0, 0.1) is 4.77 Å². The minimum atomic E-state index is -0.406. The van der Waals surface area contributed by atoms with Gasteiger partial charge in [0.25, 0.3) is 5.91 Å². The highest BCUT2D eigenvalue weighted by molar-refractivity contribution is 7.71. The van der Waals surface area contributed by atoms with Gasteiger partial charge >= 0.3 is 0 Å². The van der Waals surface area contributed by atoms with Crippen LogP contribution < -0.4 is 15.3 Å². The quantitative estimate of drug-likeness (QED) is 0.693. The van der Waals surface area contributed by atoms with Crippen LogP contribution in [0.4, 0.5) is 0 Å². The first-order chi connectivity index (χ1) is 12.6. The number of hydrogen-bond donors (Lipinski definition) is 2. The smallest absolute Gasteiger partial charge is 0.280 e. The van der Waals surface area contributed by atoms with E-state index in [0.29, 0.717) is 28.4 Å². The molecule has 0 radical (unpaired) electrons. The first kappa shape index (κ1) is 16.3. The van der Waals surface area contributed by atoms with E-state index in [9.17, 15) is 9.90 Å². The number of amides is 1. The molecule has 0 unspecified atom stereocenters. The number of nitrogens with one attached hydrogen (secondary N) is 1. The second kappa shape index (κ2) is 6.27. The molecule has 2 N–H and O–H groups in total. The van der Waals surface area contributed by atoms with Crippen LogP contribution in [0.5, 0.6) is 11.6 Å². The molecule has 2 heterocycles. The average Bonchev–Trinajstić information content (AvgIpc) is 3.11. The molecule has 0 saturated heterocycles. The third-order valence-electron chi connectivity index (χ3n) is 4.14. The van der Waals surface area contributed by atoms with Gasteiger partial charge in [-0.2, -0.15) is 0 Å². The predicted molar refractivity (Wildman–Crippen MR) is 98.5 cm³/mol. The van der Waals surface area contributed by atoms with Crippen LogP contribution in [0.3, 0.4) is 0 Å². The molecule has 1 amide bonds. The van der Waals surface area contributed by atoms with Gasteiger partial charge in [-0.25, -0.2) is 4.99 Å². The predicted octanol–water partition coefficient (Wildman–Crippen LogP) is 2.00. The first-order valence-electron chi connectivity index (χ1n) is 8.10. The lowest BCUT2D eigenvalue weighted by Crippen LogP contribution is -2.22. The van der Waals surface area contributed by atoms with Crippen molar-refractivity contribution in [3.8, 4) is 17.3 Å². The summed E-state index contributed by atoms with van der Waals surface area (Å²) in [5.41, 5.74) is 1.24. The molecule has 130 valence electrons. The Morgan fingerprint density at radius 3 is 2.65 bits per heavy atom. The molecular formula is C19H15N3O3S. The van der Waals surface area contributed by atoms with Crippen molar-refractivity contribution >= 4 is 23.7 Å². The summed E-state index contributed by atoms with van der Waals surface area (Å²) in [4.78, 5) is 19.3. The molecule has 1 aliphatic heterocycles. The Labute approximate surface area is 153 Å². The van der Waals surface area contributed by atoms with Crippen molar-refractivity contribution in [1.82, 2.24) is 9.55 Å². The zero-order valence-corrected chi connectivity index (χ0v) is 14.7. The summed E-state index contributed by atoms with van der Waals surface area (Å²) in [6, 6.07) is 14.4. The summed E-state index contributed by atoms with van der Waals surface area (Å²) in [5.74, 6) is 0.192. The van der Waals surface area contributed by atoms with Gasteiger partial charge in [-0.1, -0.05) is 18.2 Å². The summed E-state index contributed by atoms with van der Waals surface area (Å²) in [7, 11) is 0. The highest BCUT2D eigenvalue weighted by Gasteiger charge is 2.25. The third-order valence-corrected chi connectivity index (χ3v) is 4.42. The largest absolute Gasteiger partial charge is 0.494 e. The highest BCUT2D eigenvalue weighted by atomic mass is 32.1. The molecule has 2 aromatic carbocycles. The maximum Gasteiger partial charge on any atom is 0.280 e. The molecule has 0 aliphatic carbocycles. The van der Waals surface area contributed by atoms with Crippen molar-refractivity contribution in [2.45, 2.75) is 6.92 Å². The monoisotopic (exact) mass is 365 g/mol. The van der Waals surface area contributed by atoms with E-state index in [1.165, 1.54) is 4.57 Å². The van der Waals surface area contributed by atoms with Crippen LogP contribution in [0.1, 0.15) is 12.6 Å². The Morgan fingerprint density at radius 1 is 1.19 bits per heavy atom. The summed E-state index contributed by atoms with van der Waals surface area (Å²) in [5, 5.41) is 12.0. The number of H-pyrrole nitrogens is 1. The number of aromatic amines is 1. The van der Waals surface area contributed by atoms with Gasteiger partial charge in [-0.3, -0.25) is 9.36 Å². The molecule has 0 bridgehead atoms. The second-order valence-corrected chi connectivity index (χ2v) is 6.09. The van der Waals surface area contributed by atoms with Crippen molar-refractivity contribution in [1.29, 1.82) is 0 Å². The number of benzene rings is 2. The molecule has 7 heteroatoms. The average molecular weight is 365 g/mol. The minimum absolute atomic E-state index is 0.130. The van der Waals surface area contributed by atoms with Crippen molar-refractivity contribution in [3.05, 3.63) is 69.6 Å². The van der Waals surface area contributed by atoms with E-state index in [1.54, 1.807) is 36.4 Å². The van der Waals surface area contributed by atoms with E-state index in [0.717, 1.165) is 5.75 Å². The van der Waals surface area contributed by atoms with Crippen LogP contribution in [-0.2, 0) is 4.79 Å². The number of carbonyl (C=O) groups is 1. The van der Waals surface area contributed by atoms with Crippen LogP contribution in [0.25, 0.3) is 11.3 Å². The lowest BCUT2D eigenvalue weighted by Gasteiger charge is -2.07. The van der Waals surface area contributed by atoms with Gasteiger partial charge in [-0.05, 0) is 49.5 Å². The zero-order valence-electron chi connectivity index (χ0n) is 13.9. The van der Waals surface area contributed by atoms with E-state index < -0.39 is 5.91 Å². The molecule has 1 aliphatic rings. The molecule has 0 atom stereocenters. The standard InChI is InChI=1S/C19H15N3O3S/c1-2-25-12-9-7-11(8-10-12)22-18(24)16(21-19(22)26)15-13-5-3-4-6-14(13)20-17(15)23/h3-10,24H,2H2,1H3,(H,21,26). The highest BCUT2D eigenvalue weighted by Crippen LogP contribution is 2.28. The number of nitrogens with zero attached hydrogens (tertiary/aromatic N) is 2. The Bertz CT molecular complexity index is 1190. The van der Waals surface area contributed by atoms with Crippen LogP contribution in [-0.4, -0.2) is 27.2 Å². The van der Waals surface area contributed by atoms with Crippen molar-refractivity contribution in [2.75, 3.05) is 6.61 Å². The van der Waals surface area contributed by atoms with Gasteiger partial charge in [0.2, 0.25) is 5.88 Å². The number of aromatic hydroxyl groups is 1. The Kier molecular flexibility index (Phi) is 3.93. The Balaban J connectivity index is 1.88. The van der Waals surface area contributed by atoms with E-state index >= 15 is 0 Å². The fourth-order valence-corrected chi connectivity index (χ4v) is 3.30. The summed E-state index contributed by atoms with van der Waals surface area (Å²) >= 11 is 5.36. The SMILES string of the molecule is CCOc1ccc(-n2c(O)c(C3=c4ccccc4=NC3=O)[nH]c2=S)cc1.